The predicted octanol–water partition coefficient (Wildman–Crippen LogP) is 2.02. The second-order valence-corrected chi connectivity index (χ2v) is 6.53. The fraction of sp³-hybridized carbons (Fsp3) is 0.400. The number of rotatable bonds is 9. The van der Waals surface area contributed by atoms with Crippen LogP contribution >= 0.6 is 0 Å². The molecule has 1 rings (SSSR count). The number of ether oxygens (including phenoxy) is 2. The monoisotopic (exact) mass is 327 g/mol. The van der Waals surface area contributed by atoms with Crippen molar-refractivity contribution in [3.8, 4) is 11.5 Å². The minimum atomic E-state index is -3.47. The van der Waals surface area contributed by atoms with Gasteiger partial charge in [0.1, 0.15) is 5.75 Å². The maximum Gasteiger partial charge on any atom is 0.239 e. The topological polar surface area (TPSA) is 81.7 Å². The van der Waals surface area contributed by atoms with E-state index >= 15 is 0 Å². The van der Waals surface area contributed by atoms with Crippen molar-refractivity contribution in [1.29, 1.82) is 0 Å². The SMILES string of the molecule is C=CCS(=O)(=O)CC(=O)Nc1ccc(OCC)c(OCC)c1. The third-order valence-corrected chi connectivity index (χ3v) is 4.00. The molecule has 0 atom stereocenters. The summed E-state index contributed by atoms with van der Waals surface area (Å²) in [5.41, 5.74) is 0.450. The molecule has 0 radical (unpaired) electrons. The smallest absolute Gasteiger partial charge is 0.239 e. The number of carbonyl (C=O) groups is 1. The molecule has 1 amide bonds. The van der Waals surface area contributed by atoms with E-state index in [0.29, 0.717) is 30.4 Å². The van der Waals surface area contributed by atoms with Crippen LogP contribution in [0.3, 0.4) is 0 Å². The second kappa shape index (κ2) is 8.43. The standard InChI is InChI=1S/C15H21NO5S/c1-4-9-22(18,19)11-15(17)16-12-7-8-13(20-5-2)14(10-12)21-6-3/h4,7-8,10H,1,5-6,9,11H2,2-3H3,(H,16,17). The molecule has 22 heavy (non-hydrogen) atoms. The Labute approximate surface area is 131 Å². The Bertz CT molecular complexity index is 625. The average Bonchev–Trinajstić information content (AvgIpc) is 2.41. The zero-order chi connectivity index (χ0) is 16.6. The number of hydrogen-bond acceptors (Lipinski definition) is 5. The molecule has 1 N–H and O–H groups in total. The highest BCUT2D eigenvalue weighted by molar-refractivity contribution is 7.92. The van der Waals surface area contributed by atoms with E-state index in [2.05, 4.69) is 11.9 Å². The third-order valence-electron chi connectivity index (χ3n) is 2.55. The maximum atomic E-state index is 11.8. The molecule has 0 saturated heterocycles. The lowest BCUT2D eigenvalue weighted by atomic mass is 10.2. The van der Waals surface area contributed by atoms with Crippen molar-refractivity contribution in [2.24, 2.45) is 0 Å². The van der Waals surface area contributed by atoms with Crippen LogP contribution in [0, 0.1) is 0 Å². The van der Waals surface area contributed by atoms with Crippen LogP contribution in [0.2, 0.25) is 0 Å². The molecule has 1 aromatic carbocycles. The van der Waals surface area contributed by atoms with Gasteiger partial charge in [-0.3, -0.25) is 4.79 Å². The van der Waals surface area contributed by atoms with Gasteiger partial charge in [0.25, 0.3) is 0 Å². The summed E-state index contributed by atoms with van der Waals surface area (Å²) in [7, 11) is -3.47. The Hall–Kier alpha value is -2.02. The van der Waals surface area contributed by atoms with Gasteiger partial charge < -0.3 is 14.8 Å². The van der Waals surface area contributed by atoms with E-state index in [4.69, 9.17) is 9.47 Å². The van der Waals surface area contributed by atoms with Crippen LogP contribution < -0.4 is 14.8 Å². The Kier molecular flexibility index (Phi) is 6.91. The van der Waals surface area contributed by atoms with Crippen molar-refractivity contribution < 1.29 is 22.7 Å². The van der Waals surface area contributed by atoms with Gasteiger partial charge in [-0.2, -0.15) is 0 Å². The first-order chi connectivity index (χ1) is 10.4. The van der Waals surface area contributed by atoms with Gasteiger partial charge in [-0.15, -0.1) is 6.58 Å². The molecule has 122 valence electrons. The van der Waals surface area contributed by atoms with Gasteiger partial charge in [0.2, 0.25) is 5.91 Å². The molecule has 0 aromatic heterocycles. The first-order valence-electron chi connectivity index (χ1n) is 6.92. The van der Waals surface area contributed by atoms with Crippen LogP contribution in [0.1, 0.15) is 13.8 Å². The molecule has 0 aliphatic rings. The lowest BCUT2D eigenvalue weighted by molar-refractivity contribution is -0.113. The van der Waals surface area contributed by atoms with Crippen molar-refractivity contribution in [2.75, 3.05) is 30.0 Å². The van der Waals surface area contributed by atoms with Crippen molar-refractivity contribution in [3.05, 3.63) is 30.9 Å². The predicted molar refractivity (Wildman–Crippen MR) is 86.3 cm³/mol. The molecule has 0 heterocycles. The molecular formula is C15H21NO5S. The molecule has 0 fully saturated rings. The van der Waals surface area contributed by atoms with Crippen LogP contribution in [0.15, 0.2) is 30.9 Å². The molecule has 0 aliphatic carbocycles. The summed E-state index contributed by atoms with van der Waals surface area (Å²) in [6.45, 7) is 7.99. The quantitative estimate of drug-likeness (QED) is 0.702. The normalized spacial score (nSPS) is 10.8. The molecule has 7 heteroatoms. The highest BCUT2D eigenvalue weighted by atomic mass is 32.2. The summed E-state index contributed by atoms with van der Waals surface area (Å²) in [6.07, 6.45) is 1.26. The lowest BCUT2D eigenvalue weighted by Gasteiger charge is -2.13. The minimum Gasteiger partial charge on any atom is -0.490 e. The van der Waals surface area contributed by atoms with E-state index < -0.39 is 21.5 Å². The van der Waals surface area contributed by atoms with Gasteiger partial charge in [-0.25, -0.2) is 8.42 Å². The molecule has 0 aliphatic heterocycles. The Morgan fingerprint density at radius 2 is 1.86 bits per heavy atom. The number of benzene rings is 1. The average molecular weight is 327 g/mol. The van der Waals surface area contributed by atoms with Gasteiger partial charge >= 0.3 is 0 Å². The number of hydrogen-bond donors (Lipinski definition) is 1. The number of sulfone groups is 1. The first-order valence-corrected chi connectivity index (χ1v) is 8.74. The van der Waals surface area contributed by atoms with E-state index in [1.807, 2.05) is 13.8 Å². The molecule has 0 unspecified atom stereocenters. The fourth-order valence-electron chi connectivity index (χ4n) is 1.76. The summed E-state index contributed by atoms with van der Waals surface area (Å²) in [5.74, 6) is -0.351. The van der Waals surface area contributed by atoms with Crippen molar-refractivity contribution in [1.82, 2.24) is 0 Å². The zero-order valence-corrected chi connectivity index (χ0v) is 13.6. The Balaban J connectivity index is 2.83. The van der Waals surface area contributed by atoms with Crippen LogP contribution in [0.25, 0.3) is 0 Å². The first kappa shape index (κ1) is 18.0. The van der Waals surface area contributed by atoms with E-state index in [-0.39, 0.29) is 5.75 Å². The third kappa shape index (κ3) is 5.77. The van der Waals surface area contributed by atoms with Crippen molar-refractivity contribution in [2.45, 2.75) is 13.8 Å². The number of amides is 1. The number of nitrogens with one attached hydrogen (secondary N) is 1. The van der Waals surface area contributed by atoms with Gasteiger partial charge in [0, 0.05) is 11.8 Å². The molecule has 0 bridgehead atoms. The van der Waals surface area contributed by atoms with Crippen LogP contribution in [-0.2, 0) is 14.6 Å². The van der Waals surface area contributed by atoms with Crippen LogP contribution in [-0.4, -0.2) is 39.0 Å². The van der Waals surface area contributed by atoms with E-state index in [0.717, 1.165) is 0 Å². The highest BCUT2D eigenvalue weighted by Crippen LogP contribution is 2.30. The van der Waals surface area contributed by atoms with Gasteiger partial charge in [0.05, 0.1) is 19.0 Å². The zero-order valence-electron chi connectivity index (χ0n) is 12.8. The molecular weight excluding hydrogens is 306 g/mol. The van der Waals surface area contributed by atoms with Crippen molar-refractivity contribution in [3.63, 3.8) is 0 Å². The Morgan fingerprint density at radius 1 is 1.23 bits per heavy atom. The summed E-state index contributed by atoms with van der Waals surface area (Å²) in [4.78, 5) is 11.8. The molecule has 0 saturated carbocycles. The van der Waals surface area contributed by atoms with Gasteiger partial charge in [0.15, 0.2) is 21.3 Å². The maximum absolute atomic E-state index is 11.8. The summed E-state index contributed by atoms with van der Waals surface area (Å²) < 4.78 is 34.0. The molecule has 0 spiro atoms. The summed E-state index contributed by atoms with van der Waals surface area (Å²) >= 11 is 0. The van der Waals surface area contributed by atoms with E-state index in [1.54, 1.807) is 18.2 Å². The lowest BCUT2D eigenvalue weighted by Crippen LogP contribution is -2.24. The largest absolute Gasteiger partial charge is 0.490 e. The van der Waals surface area contributed by atoms with Crippen LogP contribution in [0.5, 0.6) is 11.5 Å². The number of anilines is 1. The minimum absolute atomic E-state index is 0.228. The van der Waals surface area contributed by atoms with Crippen molar-refractivity contribution >= 4 is 21.4 Å². The van der Waals surface area contributed by atoms with Crippen LogP contribution in [0.4, 0.5) is 5.69 Å². The van der Waals surface area contributed by atoms with E-state index in [9.17, 15) is 13.2 Å². The summed E-state index contributed by atoms with van der Waals surface area (Å²) in [5, 5.41) is 2.54. The van der Waals surface area contributed by atoms with Gasteiger partial charge in [-0.05, 0) is 26.0 Å². The fourth-order valence-corrected chi connectivity index (χ4v) is 2.71. The molecule has 6 nitrogen and oxygen atoms in total. The highest BCUT2D eigenvalue weighted by Gasteiger charge is 2.16. The second-order valence-electron chi connectivity index (χ2n) is 4.42. The molecule has 1 aromatic rings. The number of carbonyl (C=O) groups excluding carboxylic acids is 1. The summed E-state index contributed by atoms with van der Waals surface area (Å²) in [6, 6.07) is 4.90. The Morgan fingerprint density at radius 3 is 2.45 bits per heavy atom. The van der Waals surface area contributed by atoms with Gasteiger partial charge in [-0.1, -0.05) is 6.08 Å². The van der Waals surface area contributed by atoms with E-state index in [1.165, 1.54) is 6.08 Å².